The highest BCUT2D eigenvalue weighted by atomic mass is 16.5. The van der Waals surface area contributed by atoms with Crippen molar-refractivity contribution in [2.24, 2.45) is 5.92 Å². The molecule has 2 unspecified atom stereocenters. The minimum atomic E-state index is -1.06. The lowest BCUT2D eigenvalue weighted by molar-refractivity contribution is -0.142. The van der Waals surface area contributed by atoms with Crippen molar-refractivity contribution in [2.45, 2.75) is 18.9 Å². The number of nitrogens with one attached hydrogen (secondary N) is 1. The third kappa shape index (κ3) is 4.13. The van der Waals surface area contributed by atoms with Crippen LogP contribution in [0.1, 0.15) is 23.2 Å². The van der Waals surface area contributed by atoms with Crippen molar-refractivity contribution < 1.29 is 28.9 Å². The molecule has 1 aromatic rings. The van der Waals surface area contributed by atoms with Gasteiger partial charge < -0.3 is 24.6 Å². The molecule has 126 valence electrons. The van der Waals surface area contributed by atoms with Crippen LogP contribution in [0, 0.1) is 5.92 Å². The van der Waals surface area contributed by atoms with Crippen molar-refractivity contribution in [1.82, 2.24) is 5.32 Å². The number of carbonyl (C=O) groups excluding carboxylic acids is 1. The zero-order chi connectivity index (χ0) is 16.8. The first-order valence-corrected chi connectivity index (χ1v) is 7.40. The van der Waals surface area contributed by atoms with Crippen LogP contribution in [-0.4, -0.2) is 50.5 Å². The SMILES string of the molecule is COc1ccc(C(=O)NC(C(=O)O)C2CCCOC2)cc1OC. The van der Waals surface area contributed by atoms with Gasteiger partial charge in [-0.2, -0.15) is 0 Å². The Hall–Kier alpha value is -2.28. The van der Waals surface area contributed by atoms with E-state index >= 15 is 0 Å². The summed E-state index contributed by atoms with van der Waals surface area (Å²) in [6, 6.07) is 3.71. The first-order chi connectivity index (χ1) is 11.1. The molecule has 2 N–H and O–H groups in total. The first-order valence-electron chi connectivity index (χ1n) is 7.40. The molecule has 1 amide bonds. The molecule has 1 heterocycles. The number of hydrogen-bond acceptors (Lipinski definition) is 5. The fourth-order valence-corrected chi connectivity index (χ4v) is 2.61. The highest BCUT2D eigenvalue weighted by molar-refractivity contribution is 5.97. The van der Waals surface area contributed by atoms with Gasteiger partial charge in [0.05, 0.1) is 20.8 Å². The third-order valence-electron chi connectivity index (χ3n) is 3.87. The number of benzene rings is 1. The number of aliphatic carboxylic acids is 1. The monoisotopic (exact) mass is 323 g/mol. The summed E-state index contributed by atoms with van der Waals surface area (Å²) in [6.45, 7) is 0.968. The number of ether oxygens (including phenoxy) is 3. The molecule has 0 aliphatic carbocycles. The lowest BCUT2D eigenvalue weighted by Crippen LogP contribution is -2.48. The van der Waals surface area contributed by atoms with Gasteiger partial charge in [0.1, 0.15) is 6.04 Å². The second-order valence-electron chi connectivity index (χ2n) is 5.34. The number of rotatable bonds is 6. The van der Waals surface area contributed by atoms with E-state index in [2.05, 4.69) is 5.32 Å². The summed E-state index contributed by atoms with van der Waals surface area (Å²) in [5.74, 6) is -0.851. The van der Waals surface area contributed by atoms with E-state index in [1.807, 2.05) is 0 Å². The van der Waals surface area contributed by atoms with Crippen LogP contribution in [0.3, 0.4) is 0 Å². The Morgan fingerprint density at radius 1 is 1.30 bits per heavy atom. The minimum absolute atomic E-state index is 0.231. The molecule has 0 aromatic heterocycles. The predicted molar refractivity (Wildman–Crippen MR) is 82.0 cm³/mol. The smallest absolute Gasteiger partial charge is 0.326 e. The first kappa shape index (κ1) is 17.1. The summed E-state index contributed by atoms with van der Waals surface area (Å²) in [5.41, 5.74) is 0.311. The molecule has 1 aliphatic heterocycles. The standard InChI is InChI=1S/C16H21NO6/c1-21-12-6-5-10(8-13(12)22-2)15(18)17-14(16(19)20)11-4-3-7-23-9-11/h5-6,8,11,14H,3-4,7,9H2,1-2H3,(H,17,18)(H,19,20). The summed E-state index contributed by atoms with van der Waals surface area (Å²) in [4.78, 5) is 23.8. The highest BCUT2D eigenvalue weighted by Crippen LogP contribution is 2.27. The van der Waals surface area contributed by atoms with Crippen molar-refractivity contribution in [3.8, 4) is 11.5 Å². The molecule has 1 aromatic carbocycles. The number of carboxylic acid groups (broad SMARTS) is 1. The van der Waals surface area contributed by atoms with Gasteiger partial charge in [-0.3, -0.25) is 4.79 Å². The van der Waals surface area contributed by atoms with Crippen LogP contribution in [0.4, 0.5) is 0 Å². The van der Waals surface area contributed by atoms with Gasteiger partial charge in [-0.1, -0.05) is 0 Å². The molecule has 7 heteroatoms. The molecule has 1 fully saturated rings. The molecular weight excluding hydrogens is 302 g/mol. The average molecular weight is 323 g/mol. The Morgan fingerprint density at radius 3 is 2.61 bits per heavy atom. The zero-order valence-corrected chi connectivity index (χ0v) is 13.2. The Bertz CT molecular complexity index is 568. The maximum Gasteiger partial charge on any atom is 0.326 e. The molecule has 7 nitrogen and oxygen atoms in total. The molecule has 0 radical (unpaired) electrons. The lowest BCUT2D eigenvalue weighted by Gasteiger charge is -2.28. The van der Waals surface area contributed by atoms with Gasteiger partial charge in [-0.15, -0.1) is 0 Å². The average Bonchev–Trinajstić information content (AvgIpc) is 2.59. The van der Waals surface area contributed by atoms with Crippen LogP contribution in [0.2, 0.25) is 0 Å². The van der Waals surface area contributed by atoms with Crippen LogP contribution < -0.4 is 14.8 Å². The van der Waals surface area contributed by atoms with Crippen molar-refractivity contribution in [3.05, 3.63) is 23.8 Å². The Balaban J connectivity index is 2.13. The normalized spacial score (nSPS) is 18.8. The van der Waals surface area contributed by atoms with Gasteiger partial charge in [0.25, 0.3) is 5.91 Å². The van der Waals surface area contributed by atoms with Crippen LogP contribution in [0.15, 0.2) is 18.2 Å². The fraction of sp³-hybridized carbons (Fsp3) is 0.500. The van der Waals surface area contributed by atoms with Gasteiger partial charge in [0, 0.05) is 18.1 Å². The Labute approximate surface area is 134 Å². The van der Waals surface area contributed by atoms with E-state index in [1.54, 1.807) is 12.1 Å². The second kappa shape index (κ2) is 7.82. The van der Waals surface area contributed by atoms with Crippen molar-refractivity contribution in [2.75, 3.05) is 27.4 Å². The fourth-order valence-electron chi connectivity index (χ4n) is 2.61. The highest BCUT2D eigenvalue weighted by Gasteiger charge is 2.31. The number of amides is 1. The quantitative estimate of drug-likeness (QED) is 0.820. The number of hydrogen-bond donors (Lipinski definition) is 2. The van der Waals surface area contributed by atoms with Gasteiger partial charge in [0.2, 0.25) is 0 Å². The number of methoxy groups -OCH3 is 2. The van der Waals surface area contributed by atoms with E-state index in [0.29, 0.717) is 36.7 Å². The van der Waals surface area contributed by atoms with E-state index in [1.165, 1.54) is 20.3 Å². The number of carboxylic acids is 1. The largest absolute Gasteiger partial charge is 0.493 e. The summed E-state index contributed by atoms with van der Waals surface area (Å²) < 4.78 is 15.6. The van der Waals surface area contributed by atoms with Crippen molar-refractivity contribution in [3.63, 3.8) is 0 Å². The van der Waals surface area contributed by atoms with Gasteiger partial charge in [-0.25, -0.2) is 4.79 Å². The molecule has 0 saturated carbocycles. The van der Waals surface area contributed by atoms with E-state index in [9.17, 15) is 14.7 Å². The summed E-state index contributed by atoms with van der Waals surface area (Å²) in [7, 11) is 2.97. The maximum atomic E-state index is 12.4. The van der Waals surface area contributed by atoms with Crippen molar-refractivity contribution in [1.29, 1.82) is 0 Å². The molecule has 2 atom stereocenters. The third-order valence-corrected chi connectivity index (χ3v) is 3.87. The van der Waals surface area contributed by atoms with Gasteiger partial charge in [-0.05, 0) is 31.0 Å². The molecular formula is C16H21NO6. The second-order valence-corrected chi connectivity index (χ2v) is 5.34. The maximum absolute atomic E-state index is 12.4. The molecule has 23 heavy (non-hydrogen) atoms. The molecule has 1 saturated heterocycles. The van der Waals surface area contributed by atoms with E-state index < -0.39 is 17.9 Å². The molecule has 1 aliphatic rings. The predicted octanol–water partition coefficient (Wildman–Crippen LogP) is 1.31. The molecule has 0 spiro atoms. The van der Waals surface area contributed by atoms with Crippen LogP contribution in [0.5, 0.6) is 11.5 Å². The summed E-state index contributed by atoms with van der Waals surface area (Å²) in [6.07, 6.45) is 1.50. The van der Waals surface area contributed by atoms with Crippen LogP contribution >= 0.6 is 0 Å². The molecule has 2 rings (SSSR count). The van der Waals surface area contributed by atoms with Crippen LogP contribution in [-0.2, 0) is 9.53 Å². The topological polar surface area (TPSA) is 94.1 Å². The van der Waals surface area contributed by atoms with Crippen molar-refractivity contribution >= 4 is 11.9 Å². The Kier molecular flexibility index (Phi) is 5.81. The Morgan fingerprint density at radius 2 is 2.04 bits per heavy atom. The zero-order valence-electron chi connectivity index (χ0n) is 13.2. The van der Waals surface area contributed by atoms with E-state index in [4.69, 9.17) is 14.2 Å². The summed E-state index contributed by atoms with van der Waals surface area (Å²) >= 11 is 0. The summed E-state index contributed by atoms with van der Waals surface area (Å²) in [5, 5.41) is 12.0. The number of carbonyl (C=O) groups is 2. The van der Waals surface area contributed by atoms with Gasteiger partial charge in [0.15, 0.2) is 11.5 Å². The minimum Gasteiger partial charge on any atom is -0.493 e. The van der Waals surface area contributed by atoms with E-state index in [-0.39, 0.29) is 5.92 Å². The van der Waals surface area contributed by atoms with Crippen LogP contribution in [0.25, 0.3) is 0 Å². The molecule has 0 bridgehead atoms. The lowest BCUT2D eigenvalue weighted by atomic mass is 9.93. The van der Waals surface area contributed by atoms with E-state index in [0.717, 1.165) is 6.42 Å². The van der Waals surface area contributed by atoms with Gasteiger partial charge >= 0.3 is 5.97 Å².